The Hall–Kier alpha value is -2.19. The standard InChI is InChI=1S/C20H25BrN2O5/c1-13(2)23(22-20(26)27-3)11-15-5-4-6-17(15)19(25)28-12-18(24)14-7-9-16(21)10-8-14/h7-10,13H,4-6,11-12H2,1-3H3,(H,22,26). The molecule has 0 fully saturated rings. The molecule has 28 heavy (non-hydrogen) atoms. The summed E-state index contributed by atoms with van der Waals surface area (Å²) in [6.45, 7) is 3.96. The molecule has 0 aromatic heterocycles. The summed E-state index contributed by atoms with van der Waals surface area (Å²) in [5.74, 6) is -0.725. The molecule has 7 nitrogen and oxygen atoms in total. The van der Waals surface area contributed by atoms with Crippen LogP contribution in [0.5, 0.6) is 0 Å². The van der Waals surface area contributed by atoms with Crippen LogP contribution in [-0.4, -0.2) is 49.2 Å². The second-order valence-corrected chi connectivity index (χ2v) is 7.68. The van der Waals surface area contributed by atoms with Gasteiger partial charge in [-0.05, 0) is 50.8 Å². The van der Waals surface area contributed by atoms with Crippen molar-refractivity contribution >= 4 is 33.8 Å². The number of carbonyl (C=O) groups is 3. The predicted molar refractivity (Wildman–Crippen MR) is 108 cm³/mol. The van der Waals surface area contributed by atoms with Crippen molar-refractivity contribution in [2.45, 2.75) is 39.2 Å². The molecule has 1 aliphatic rings. The number of nitrogens with zero attached hydrogens (tertiary/aromatic N) is 1. The molecule has 152 valence electrons. The molecule has 0 saturated carbocycles. The summed E-state index contributed by atoms with van der Waals surface area (Å²) in [6, 6.07) is 6.91. The summed E-state index contributed by atoms with van der Waals surface area (Å²) < 4.78 is 10.8. The van der Waals surface area contributed by atoms with Gasteiger partial charge in [-0.2, -0.15) is 0 Å². The summed E-state index contributed by atoms with van der Waals surface area (Å²) >= 11 is 3.32. The molecular weight excluding hydrogens is 428 g/mol. The number of hydrogen-bond donors (Lipinski definition) is 1. The fraction of sp³-hybridized carbons (Fsp3) is 0.450. The lowest BCUT2D eigenvalue weighted by Gasteiger charge is -2.27. The Kier molecular flexibility index (Phi) is 8.19. The Morgan fingerprint density at radius 1 is 1.18 bits per heavy atom. The van der Waals surface area contributed by atoms with Crippen molar-refractivity contribution in [3.63, 3.8) is 0 Å². The third-order valence-electron chi connectivity index (χ3n) is 4.48. The number of esters is 1. The van der Waals surface area contributed by atoms with E-state index in [0.29, 0.717) is 24.1 Å². The van der Waals surface area contributed by atoms with Gasteiger partial charge in [0.25, 0.3) is 0 Å². The van der Waals surface area contributed by atoms with Gasteiger partial charge in [-0.25, -0.2) is 14.6 Å². The molecule has 2 rings (SSSR count). The zero-order valence-electron chi connectivity index (χ0n) is 16.3. The van der Waals surface area contributed by atoms with Crippen LogP contribution >= 0.6 is 15.9 Å². The van der Waals surface area contributed by atoms with Crippen LogP contribution in [0, 0.1) is 0 Å². The lowest BCUT2D eigenvalue weighted by atomic mass is 10.1. The lowest BCUT2D eigenvalue weighted by molar-refractivity contribution is -0.138. The van der Waals surface area contributed by atoms with Crippen LogP contribution in [0.1, 0.15) is 43.5 Å². The highest BCUT2D eigenvalue weighted by Gasteiger charge is 2.25. The van der Waals surface area contributed by atoms with E-state index in [2.05, 4.69) is 26.1 Å². The summed E-state index contributed by atoms with van der Waals surface area (Å²) in [5, 5.41) is 1.72. The maximum atomic E-state index is 12.5. The molecule has 0 saturated heterocycles. The number of ketones is 1. The molecule has 0 aliphatic heterocycles. The number of carbonyl (C=O) groups excluding carboxylic acids is 3. The molecular formula is C20H25BrN2O5. The number of hydrogen-bond acceptors (Lipinski definition) is 6. The molecule has 1 amide bonds. The van der Waals surface area contributed by atoms with Gasteiger partial charge in [-0.15, -0.1) is 0 Å². The second-order valence-electron chi connectivity index (χ2n) is 6.77. The van der Waals surface area contributed by atoms with Crippen LogP contribution in [0.4, 0.5) is 4.79 Å². The van der Waals surface area contributed by atoms with Gasteiger partial charge in [0.1, 0.15) is 0 Å². The van der Waals surface area contributed by atoms with Gasteiger partial charge in [0.15, 0.2) is 12.4 Å². The number of amides is 1. The fourth-order valence-corrected chi connectivity index (χ4v) is 3.15. The molecule has 0 radical (unpaired) electrons. The van der Waals surface area contributed by atoms with Crippen LogP contribution in [0.15, 0.2) is 39.9 Å². The lowest BCUT2D eigenvalue weighted by Crippen LogP contribution is -2.47. The molecule has 1 aromatic rings. The molecule has 0 spiro atoms. The Bertz CT molecular complexity index is 758. The zero-order valence-corrected chi connectivity index (χ0v) is 17.9. The van der Waals surface area contributed by atoms with Crippen LogP contribution in [-0.2, 0) is 14.3 Å². The summed E-state index contributed by atoms with van der Waals surface area (Å²) in [7, 11) is 1.30. The van der Waals surface area contributed by atoms with Crippen molar-refractivity contribution in [2.24, 2.45) is 0 Å². The van der Waals surface area contributed by atoms with Crippen LogP contribution in [0.2, 0.25) is 0 Å². The highest BCUT2D eigenvalue weighted by atomic mass is 79.9. The van der Waals surface area contributed by atoms with E-state index in [1.807, 2.05) is 13.8 Å². The molecule has 8 heteroatoms. The Morgan fingerprint density at radius 3 is 2.46 bits per heavy atom. The third kappa shape index (κ3) is 6.17. The number of nitrogens with one attached hydrogen (secondary N) is 1. The number of hydrazine groups is 1. The maximum Gasteiger partial charge on any atom is 0.421 e. The molecule has 0 heterocycles. The minimum absolute atomic E-state index is 0.0171. The Labute approximate surface area is 173 Å². The first-order valence-corrected chi connectivity index (χ1v) is 9.89. The number of methoxy groups -OCH3 is 1. The smallest absolute Gasteiger partial charge is 0.421 e. The number of Topliss-reactive ketones (excluding diaryl/α,β-unsaturated/α-hetero) is 1. The van der Waals surface area contributed by atoms with E-state index in [1.165, 1.54) is 7.11 Å². The monoisotopic (exact) mass is 452 g/mol. The number of halogens is 1. The largest absolute Gasteiger partial charge is 0.454 e. The molecule has 0 unspecified atom stereocenters. The van der Waals surface area contributed by atoms with Crippen LogP contribution < -0.4 is 5.43 Å². The van der Waals surface area contributed by atoms with Gasteiger partial charge >= 0.3 is 12.1 Å². The van der Waals surface area contributed by atoms with Crippen molar-refractivity contribution in [3.05, 3.63) is 45.4 Å². The normalized spacial score (nSPS) is 13.8. The summed E-state index contributed by atoms with van der Waals surface area (Å²) in [5.41, 5.74) is 4.64. The first-order valence-electron chi connectivity index (χ1n) is 9.09. The van der Waals surface area contributed by atoms with Crippen molar-refractivity contribution in [2.75, 3.05) is 20.3 Å². The number of ether oxygens (including phenoxy) is 2. The minimum atomic E-state index is -0.559. The molecule has 0 bridgehead atoms. The minimum Gasteiger partial charge on any atom is -0.454 e. The predicted octanol–water partition coefficient (Wildman–Crippen LogP) is 3.64. The Morgan fingerprint density at radius 2 is 1.86 bits per heavy atom. The van der Waals surface area contributed by atoms with Gasteiger partial charge in [0.05, 0.1) is 7.11 Å². The average Bonchev–Trinajstić information content (AvgIpc) is 3.13. The first-order chi connectivity index (χ1) is 13.3. The third-order valence-corrected chi connectivity index (χ3v) is 5.01. The number of benzene rings is 1. The summed E-state index contributed by atoms with van der Waals surface area (Å²) in [4.78, 5) is 36.2. The fourth-order valence-electron chi connectivity index (χ4n) is 2.88. The van der Waals surface area contributed by atoms with Gasteiger partial charge < -0.3 is 9.47 Å². The van der Waals surface area contributed by atoms with E-state index >= 15 is 0 Å². The molecule has 1 aromatic carbocycles. The van der Waals surface area contributed by atoms with Crippen molar-refractivity contribution in [1.29, 1.82) is 0 Å². The average molecular weight is 453 g/mol. The van der Waals surface area contributed by atoms with E-state index in [9.17, 15) is 14.4 Å². The van der Waals surface area contributed by atoms with Gasteiger partial charge in [0.2, 0.25) is 0 Å². The van der Waals surface area contributed by atoms with Gasteiger partial charge in [-0.1, -0.05) is 28.1 Å². The van der Waals surface area contributed by atoms with E-state index in [1.54, 1.807) is 29.3 Å². The summed E-state index contributed by atoms with van der Waals surface area (Å²) in [6.07, 6.45) is 1.63. The second kappa shape index (κ2) is 10.4. The highest BCUT2D eigenvalue weighted by Crippen LogP contribution is 2.28. The van der Waals surface area contributed by atoms with Crippen LogP contribution in [0.25, 0.3) is 0 Å². The zero-order chi connectivity index (χ0) is 20.7. The molecule has 0 atom stereocenters. The van der Waals surface area contributed by atoms with Crippen LogP contribution in [0.3, 0.4) is 0 Å². The van der Waals surface area contributed by atoms with E-state index < -0.39 is 12.1 Å². The topological polar surface area (TPSA) is 84.9 Å². The van der Waals surface area contributed by atoms with E-state index in [4.69, 9.17) is 4.74 Å². The Balaban J connectivity index is 2.00. The van der Waals surface area contributed by atoms with Crippen molar-refractivity contribution in [1.82, 2.24) is 10.4 Å². The number of rotatable bonds is 8. The first kappa shape index (κ1) is 22.1. The van der Waals surface area contributed by atoms with Crippen molar-refractivity contribution < 1.29 is 23.9 Å². The van der Waals surface area contributed by atoms with E-state index in [-0.39, 0.29) is 18.4 Å². The SMILES string of the molecule is COC(=O)NN(CC1=C(C(=O)OCC(=O)c2ccc(Br)cc2)CCC1)C(C)C. The van der Waals surface area contributed by atoms with Gasteiger partial charge in [-0.3, -0.25) is 10.2 Å². The maximum absolute atomic E-state index is 12.5. The van der Waals surface area contributed by atoms with E-state index in [0.717, 1.165) is 22.9 Å². The quantitative estimate of drug-likeness (QED) is 0.368. The van der Waals surface area contributed by atoms with Crippen molar-refractivity contribution in [3.8, 4) is 0 Å². The highest BCUT2D eigenvalue weighted by molar-refractivity contribution is 9.10. The molecule has 1 N–H and O–H groups in total. The molecule has 1 aliphatic carbocycles. The van der Waals surface area contributed by atoms with Gasteiger partial charge in [0, 0.05) is 28.2 Å².